The predicted octanol–water partition coefficient (Wildman–Crippen LogP) is 4.38. The number of benzene rings is 1. The summed E-state index contributed by atoms with van der Waals surface area (Å²) >= 11 is 3.58. The molecular weight excluding hydrogens is 318 g/mol. The van der Waals surface area contributed by atoms with Crippen LogP contribution in [0.1, 0.15) is 39.7 Å². The summed E-state index contributed by atoms with van der Waals surface area (Å²) in [6.07, 6.45) is 1.03. The predicted molar refractivity (Wildman–Crippen MR) is 87.6 cm³/mol. The highest BCUT2D eigenvalue weighted by molar-refractivity contribution is 9.10. The van der Waals surface area contributed by atoms with Gasteiger partial charge in [0.25, 0.3) is 0 Å². The van der Waals surface area contributed by atoms with Gasteiger partial charge in [0, 0.05) is 12.6 Å². The van der Waals surface area contributed by atoms with Crippen molar-refractivity contribution in [3.63, 3.8) is 0 Å². The van der Waals surface area contributed by atoms with Crippen LogP contribution in [0.25, 0.3) is 0 Å². The molecule has 0 aliphatic carbocycles. The highest BCUT2D eigenvalue weighted by Crippen LogP contribution is 2.36. The smallest absolute Gasteiger partial charge is 0.175 e. The number of hydrogen-bond donors (Lipinski definition) is 1. The van der Waals surface area contributed by atoms with Gasteiger partial charge < -0.3 is 14.8 Å². The van der Waals surface area contributed by atoms with E-state index in [9.17, 15) is 0 Å². The standard InChI is InChI=1S/C16H26BrNO2/c1-11(2)6-7-20-16-14(17)8-13(9-15(16)19-5)10-18-12(3)4/h8-9,11-12,18H,6-7,10H2,1-5H3. The maximum absolute atomic E-state index is 5.86. The topological polar surface area (TPSA) is 30.5 Å². The van der Waals surface area contributed by atoms with E-state index in [1.54, 1.807) is 7.11 Å². The molecule has 0 saturated heterocycles. The van der Waals surface area contributed by atoms with Crippen LogP contribution in [-0.2, 0) is 6.54 Å². The lowest BCUT2D eigenvalue weighted by molar-refractivity contribution is 0.271. The third-order valence-corrected chi connectivity index (χ3v) is 3.53. The second-order valence-electron chi connectivity index (χ2n) is 5.68. The Hall–Kier alpha value is -0.740. The van der Waals surface area contributed by atoms with Gasteiger partial charge in [0.1, 0.15) is 0 Å². The molecular formula is C16H26BrNO2. The molecule has 1 aromatic carbocycles. The second-order valence-corrected chi connectivity index (χ2v) is 6.53. The summed E-state index contributed by atoms with van der Waals surface area (Å²) in [5, 5.41) is 3.40. The van der Waals surface area contributed by atoms with E-state index in [4.69, 9.17) is 9.47 Å². The molecule has 0 aromatic heterocycles. The van der Waals surface area contributed by atoms with Gasteiger partial charge in [-0.3, -0.25) is 0 Å². The van der Waals surface area contributed by atoms with E-state index >= 15 is 0 Å². The van der Waals surface area contributed by atoms with Crippen molar-refractivity contribution in [3.05, 3.63) is 22.2 Å². The van der Waals surface area contributed by atoms with Crippen LogP contribution in [0.4, 0.5) is 0 Å². The summed E-state index contributed by atoms with van der Waals surface area (Å²) in [6, 6.07) is 4.58. The molecule has 4 heteroatoms. The van der Waals surface area contributed by atoms with Crippen molar-refractivity contribution >= 4 is 15.9 Å². The fourth-order valence-electron chi connectivity index (χ4n) is 1.73. The van der Waals surface area contributed by atoms with Crippen LogP contribution < -0.4 is 14.8 Å². The molecule has 0 amide bonds. The van der Waals surface area contributed by atoms with Gasteiger partial charge in [0.2, 0.25) is 0 Å². The Bertz CT molecular complexity index is 419. The van der Waals surface area contributed by atoms with E-state index in [1.165, 1.54) is 5.56 Å². The van der Waals surface area contributed by atoms with Gasteiger partial charge in [-0.15, -0.1) is 0 Å². The zero-order chi connectivity index (χ0) is 15.1. The lowest BCUT2D eigenvalue weighted by Gasteiger charge is -2.16. The molecule has 0 heterocycles. The quantitative estimate of drug-likeness (QED) is 0.759. The van der Waals surface area contributed by atoms with Crippen LogP contribution in [0.3, 0.4) is 0 Å². The van der Waals surface area contributed by atoms with Gasteiger partial charge >= 0.3 is 0 Å². The summed E-state index contributed by atoms with van der Waals surface area (Å²) in [6.45, 7) is 10.2. The first kappa shape index (κ1) is 17.3. The van der Waals surface area contributed by atoms with Crippen LogP contribution >= 0.6 is 15.9 Å². The van der Waals surface area contributed by atoms with E-state index < -0.39 is 0 Å². The van der Waals surface area contributed by atoms with Crippen molar-refractivity contribution < 1.29 is 9.47 Å². The monoisotopic (exact) mass is 343 g/mol. The van der Waals surface area contributed by atoms with E-state index in [0.717, 1.165) is 28.9 Å². The number of nitrogens with one attached hydrogen (secondary N) is 1. The fraction of sp³-hybridized carbons (Fsp3) is 0.625. The molecule has 0 aliphatic rings. The molecule has 0 bridgehead atoms. The Balaban J connectivity index is 2.79. The van der Waals surface area contributed by atoms with Crippen molar-refractivity contribution in [1.29, 1.82) is 0 Å². The van der Waals surface area contributed by atoms with Crippen molar-refractivity contribution in [2.75, 3.05) is 13.7 Å². The van der Waals surface area contributed by atoms with Gasteiger partial charge in [0.05, 0.1) is 18.2 Å². The van der Waals surface area contributed by atoms with Crippen LogP contribution in [-0.4, -0.2) is 19.8 Å². The van der Waals surface area contributed by atoms with E-state index in [2.05, 4.69) is 55.0 Å². The molecule has 20 heavy (non-hydrogen) atoms. The molecule has 1 N–H and O–H groups in total. The highest BCUT2D eigenvalue weighted by Gasteiger charge is 2.12. The van der Waals surface area contributed by atoms with Crippen molar-refractivity contribution in [1.82, 2.24) is 5.32 Å². The van der Waals surface area contributed by atoms with Crippen LogP contribution in [0.15, 0.2) is 16.6 Å². The van der Waals surface area contributed by atoms with Crippen molar-refractivity contribution in [2.45, 2.75) is 46.7 Å². The molecule has 0 aliphatic heterocycles. The fourth-order valence-corrected chi connectivity index (χ4v) is 2.34. The average molecular weight is 344 g/mol. The van der Waals surface area contributed by atoms with Gasteiger partial charge in [-0.25, -0.2) is 0 Å². The summed E-state index contributed by atoms with van der Waals surface area (Å²) in [7, 11) is 1.68. The third kappa shape index (κ3) is 5.71. The first-order chi connectivity index (χ1) is 9.43. The van der Waals surface area contributed by atoms with Gasteiger partial charge in [-0.2, -0.15) is 0 Å². The van der Waals surface area contributed by atoms with E-state index in [-0.39, 0.29) is 0 Å². The molecule has 0 spiro atoms. The van der Waals surface area contributed by atoms with Crippen molar-refractivity contribution in [2.24, 2.45) is 5.92 Å². The summed E-state index contributed by atoms with van der Waals surface area (Å²) in [5.41, 5.74) is 1.18. The Morgan fingerprint density at radius 1 is 1.20 bits per heavy atom. The van der Waals surface area contributed by atoms with Gasteiger partial charge in [-0.05, 0) is 46.0 Å². The minimum atomic E-state index is 0.460. The number of ether oxygens (including phenoxy) is 2. The maximum Gasteiger partial charge on any atom is 0.175 e. The van der Waals surface area contributed by atoms with Crippen LogP contribution in [0.5, 0.6) is 11.5 Å². The minimum Gasteiger partial charge on any atom is -0.493 e. The molecule has 0 saturated carbocycles. The number of methoxy groups -OCH3 is 1. The Morgan fingerprint density at radius 3 is 2.45 bits per heavy atom. The third-order valence-electron chi connectivity index (χ3n) is 2.95. The molecule has 0 radical (unpaired) electrons. The molecule has 0 unspecified atom stereocenters. The minimum absolute atomic E-state index is 0.460. The zero-order valence-electron chi connectivity index (χ0n) is 13.1. The second kappa shape index (κ2) is 8.53. The van der Waals surface area contributed by atoms with Crippen LogP contribution in [0.2, 0.25) is 0 Å². The lowest BCUT2D eigenvalue weighted by atomic mass is 10.1. The highest BCUT2D eigenvalue weighted by atomic mass is 79.9. The van der Waals surface area contributed by atoms with Crippen LogP contribution in [0, 0.1) is 5.92 Å². The normalized spacial score (nSPS) is 11.2. The Labute approximate surface area is 131 Å². The summed E-state index contributed by atoms with van der Waals surface area (Å²) in [4.78, 5) is 0. The van der Waals surface area contributed by atoms with Gasteiger partial charge in [0.15, 0.2) is 11.5 Å². The average Bonchev–Trinajstić information content (AvgIpc) is 2.37. The molecule has 3 nitrogen and oxygen atoms in total. The van der Waals surface area contributed by atoms with E-state index in [1.807, 2.05) is 6.07 Å². The Morgan fingerprint density at radius 2 is 1.90 bits per heavy atom. The first-order valence-electron chi connectivity index (χ1n) is 7.16. The Kier molecular flexibility index (Phi) is 7.38. The molecule has 1 aromatic rings. The first-order valence-corrected chi connectivity index (χ1v) is 7.96. The summed E-state index contributed by atoms with van der Waals surface area (Å²) in [5.74, 6) is 2.21. The van der Waals surface area contributed by atoms with Gasteiger partial charge in [-0.1, -0.05) is 27.7 Å². The van der Waals surface area contributed by atoms with Crippen molar-refractivity contribution in [3.8, 4) is 11.5 Å². The SMILES string of the molecule is COc1cc(CNC(C)C)cc(Br)c1OCCC(C)C. The lowest BCUT2D eigenvalue weighted by Crippen LogP contribution is -2.21. The zero-order valence-corrected chi connectivity index (χ0v) is 14.7. The largest absolute Gasteiger partial charge is 0.493 e. The molecule has 1 rings (SSSR count). The number of hydrogen-bond acceptors (Lipinski definition) is 3. The molecule has 114 valence electrons. The summed E-state index contributed by atoms with van der Waals surface area (Å²) < 4.78 is 12.3. The molecule has 0 atom stereocenters. The number of rotatable bonds is 8. The van der Waals surface area contributed by atoms with E-state index in [0.29, 0.717) is 18.6 Å². The number of halogens is 1. The maximum atomic E-state index is 5.86. The molecule has 0 fully saturated rings.